The molecule has 22 heavy (non-hydrogen) atoms. The second-order valence-electron chi connectivity index (χ2n) is 4.99. The van der Waals surface area contributed by atoms with Gasteiger partial charge in [-0.05, 0) is 11.6 Å². The molecule has 2 aromatic heterocycles. The second kappa shape index (κ2) is 5.24. The van der Waals surface area contributed by atoms with Crippen LogP contribution in [0.2, 0.25) is 0 Å². The molecule has 0 spiro atoms. The highest BCUT2D eigenvalue weighted by Crippen LogP contribution is 2.37. The van der Waals surface area contributed by atoms with Crippen molar-refractivity contribution in [1.82, 2.24) is 9.97 Å². The van der Waals surface area contributed by atoms with Crippen LogP contribution in [0.25, 0.3) is 31.9 Å². The highest BCUT2D eigenvalue weighted by atomic mass is 32.1. The van der Waals surface area contributed by atoms with Crippen LogP contribution in [0.1, 0.15) is 0 Å². The molecule has 0 amide bonds. The van der Waals surface area contributed by atoms with Crippen LogP contribution in [0.3, 0.4) is 0 Å². The summed E-state index contributed by atoms with van der Waals surface area (Å²) < 4.78 is 1.07. The summed E-state index contributed by atoms with van der Waals surface area (Å²) >= 11 is 1.70. The quantitative estimate of drug-likeness (QED) is 0.588. The molecule has 0 saturated heterocycles. The molecule has 0 aliphatic heterocycles. The fourth-order valence-corrected chi connectivity index (χ4v) is 3.60. The Hall–Kier alpha value is -2.72. The Morgan fingerprint density at radius 1 is 0.773 bits per heavy atom. The Balaban J connectivity index is 1.97. The van der Waals surface area contributed by atoms with Crippen molar-refractivity contribution in [2.45, 2.75) is 0 Å². The first kappa shape index (κ1) is 13.0. The first-order chi connectivity index (χ1) is 10.8. The van der Waals surface area contributed by atoms with Crippen molar-refractivity contribution in [1.29, 1.82) is 0 Å². The van der Waals surface area contributed by atoms with Gasteiger partial charge in [0.25, 0.3) is 0 Å². The lowest BCUT2D eigenvalue weighted by Crippen LogP contribution is -1.96. The van der Waals surface area contributed by atoms with Crippen LogP contribution in [0.5, 0.6) is 0 Å². The van der Waals surface area contributed by atoms with Gasteiger partial charge < -0.3 is 5.73 Å². The molecule has 2 N–H and O–H groups in total. The van der Waals surface area contributed by atoms with Crippen molar-refractivity contribution in [3.8, 4) is 21.7 Å². The molecule has 0 aliphatic carbocycles. The molecule has 0 unspecified atom stereocenters. The molecule has 0 saturated carbocycles. The van der Waals surface area contributed by atoms with Crippen LogP contribution >= 0.6 is 11.3 Å². The summed E-state index contributed by atoms with van der Waals surface area (Å²) in [7, 11) is 0. The number of nitrogens with zero attached hydrogens (tertiary/aromatic N) is 2. The number of fused-ring (bicyclic) bond motifs is 1. The number of benzene rings is 2. The molecule has 106 valence electrons. The van der Waals surface area contributed by atoms with E-state index in [0.717, 1.165) is 21.5 Å². The predicted molar refractivity (Wildman–Crippen MR) is 92.7 cm³/mol. The Labute approximate surface area is 132 Å². The van der Waals surface area contributed by atoms with E-state index in [4.69, 9.17) is 5.73 Å². The number of aromatic nitrogens is 2. The highest BCUT2D eigenvalue weighted by Gasteiger charge is 2.13. The molecule has 0 fully saturated rings. The van der Waals surface area contributed by atoms with Crippen molar-refractivity contribution in [3.63, 3.8) is 0 Å². The van der Waals surface area contributed by atoms with E-state index in [0.29, 0.717) is 5.95 Å². The van der Waals surface area contributed by atoms with E-state index in [1.54, 1.807) is 11.3 Å². The smallest absolute Gasteiger partial charge is 0.221 e. The zero-order valence-corrected chi connectivity index (χ0v) is 12.5. The van der Waals surface area contributed by atoms with Gasteiger partial charge >= 0.3 is 0 Å². The van der Waals surface area contributed by atoms with Crippen LogP contribution in [0.4, 0.5) is 5.95 Å². The molecular formula is C18H13N3S. The minimum Gasteiger partial charge on any atom is -0.368 e. The summed E-state index contributed by atoms with van der Waals surface area (Å²) in [5, 5.41) is 0. The monoisotopic (exact) mass is 303 g/mol. The average Bonchev–Trinajstić information content (AvgIpc) is 2.99. The van der Waals surface area contributed by atoms with Crippen LogP contribution < -0.4 is 5.73 Å². The van der Waals surface area contributed by atoms with E-state index in [2.05, 4.69) is 28.2 Å². The third-order valence-electron chi connectivity index (χ3n) is 3.49. The number of hydrogen-bond acceptors (Lipinski definition) is 4. The van der Waals surface area contributed by atoms with E-state index >= 15 is 0 Å². The molecule has 4 rings (SSSR count). The minimum absolute atomic E-state index is 0.309. The van der Waals surface area contributed by atoms with Crippen LogP contribution in [-0.2, 0) is 0 Å². The van der Waals surface area contributed by atoms with Crippen molar-refractivity contribution in [3.05, 3.63) is 66.7 Å². The Morgan fingerprint density at radius 3 is 2.09 bits per heavy atom. The SMILES string of the molecule is Nc1nc(-c2ccccc2)c2sc(-c3ccccc3)cc2n1. The number of thiophene rings is 1. The first-order valence-electron chi connectivity index (χ1n) is 6.99. The van der Waals surface area contributed by atoms with Crippen LogP contribution in [0.15, 0.2) is 66.7 Å². The summed E-state index contributed by atoms with van der Waals surface area (Å²) in [5.74, 6) is 0.309. The normalized spacial score (nSPS) is 10.9. The number of nitrogen functional groups attached to an aromatic ring is 1. The van der Waals surface area contributed by atoms with E-state index in [1.807, 2.05) is 48.5 Å². The van der Waals surface area contributed by atoms with Crippen molar-refractivity contribution >= 4 is 27.5 Å². The van der Waals surface area contributed by atoms with Gasteiger partial charge in [0.1, 0.15) is 0 Å². The first-order valence-corrected chi connectivity index (χ1v) is 7.81. The van der Waals surface area contributed by atoms with E-state index in [1.165, 1.54) is 10.4 Å². The highest BCUT2D eigenvalue weighted by molar-refractivity contribution is 7.22. The molecule has 0 bridgehead atoms. The van der Waals surface area contributed by atoms with Gasteiger partial charge in [0.15, 0.2) is 0 Å². The minimum atomic E-state index is 0.309. The van der Waals surface area contributed by atoms with Gasteiger partial charge in [0.05, 0.1) is 15.9 Å². The van der Waals surface area contributed by atoms with Gasteiger partial charge in [-0.25, -0.2) is 9.97 Å². The number of anilines is 1. The lowest BCUT2D eigenvalue weighted by molar-refractivity contribution is 1.25. The Bertz CT molecular complexity index is 931. The second-order valence-corrected chi connectivity index (χ2v) is 6.04. The summed E-state index contributed by atoms with van der Waals surface area (Å²) in [6.45, 7) is 0. The Morgan fingerprint density at radius 2 is 1.41 bits per heavy atom. The molecule has 4 heteroatoms. The van der Waals surface area contributed by atoms with Crippen LogP contribution in [-0.4, -0.2) is 9.97 Å². The molecule has 2 heterocycles. The topological polar surface area (TPSA) is 51.8 Å². The van der Waals surface area contributed by atoms with Gasteiger partial charge in [0, 0.05) is 10.4 Å². The molecule has 2 aromatic carbocycles. The maximum Gasteiger partial charge on any atom is 0.221 e. The van der Waals surface area contributed by atoms with Crippen molar-refractivity contribution < 1.29 is 0 Å². The van der Waals surface area contributed by atoms with Crippen LogP contribution in [0, 0.1) is 0 Å². The van der Waals surface area contributed by atoms with Gasteiger partial charge in [-0.15, -0.1) is 11.3 Å². The van der Waals surface area contributed by atoms with Crippen molar-refractivity contribution in [2.75, 3.05) is 5.73 Å². The van der Waals surface area contributed by atoms with Crippen molar-refractivity contribution in [2.24, 2.45) is 0 Å². The van der Waals surface area contributed by atoms with Gasteiger partial charge in [-0.1, -0.05) is 60.7 Å². The zero-order chi connectivity index (χ0) is 14.9. The summed E-state index contributed by atoms with van der Waals surface area (Å²) in [6, 6.07) is 22.5. The third kappa shape index (κ3) is 2.23. The van der Waals surface area contributed by atoms with Gasteiger partial charge in [-0.3, -0.25) is 0 Å². The fourth-order valence-electron chi connectivity index (χ4n) is 2.48. The number of rotatable bonds is 2. The molecule has 3 nitrogen and oxygen atoms in total. The third-order valence-corrected chi connectivity index (χ3v) is 4.67. The maximum atomic E-state index is 5.89. The predicted octanol–water partition coefficient (Wildman–Crippen LogP) is 4.61. The fraction of sp³-hybridized carbons (Fsp3) is 0. The summed E-state index contributed by atoms with van der Waals surface area (Å²) in [5.41, 5.74) is 9.93. The molecular weight excluding hydrogens is 290 g/mol. The maximum absolute atomic E-state index is 5.89. The molecule has 0 aliphatic rings. The van der Waals surface area contributed by atoms with E-state index < -0.39 is 0 Å². The molecule has 0 atom stereocenters. The van der Waals surface area contributed by atoms with E-state index in [-0.39, 0.29) is 0 Å². The molecule has 0 radical (unpaired) electrons. The number of nitrogens with two attached hydrogens (primary N) is 1. The van der Waals surface area contributed by atoms with Gasteiger partial charge in [-0.2, -0.15) is 0 Å². The average molecular weight is 303 g/mol. The summed E-state index contributed by atoms with van der Waals surface area (Å²) in [6.07, 6.45) is 0. The number of hydrogen-bond donors (Lipinski definition) is 1. The standard InChI is InChI=1S/C18H13N3S/c19-18-20-14-11-15(12-7-3-1-4-8-12)22-17(14)16(21-18)13-9-5-2-6-10-13/h1-11H,(H2,19,20,21). The summed E-state index contributed by atoms with van der Waals surface area (Å²) in [4.78, 5) is 10.0. The largest absolute Gasteiger partial charge is 0.368 e. The Kier molecular flexibility index (Phi) is 3.09. The lowest BCUT2D eigenvalue weighted by atomic mass is 10.1. The van der Waals surface area contributed by atoms with Gasteiger partial charge in [0.2, 0.25) is 5.95 Å². The van der Waals surface area contributed by atoms with E-state index in [9.17, 15) is 0 Å². The zero-order valence-electron chi connectivity index (χ0n) is 11.7. The lowest BCUT2D eigenvalue weighted by Gasteiger charge is -2.03. The molecule has 4 aromatic rings.